The lowest BCUT2D eigenvalue weighted by atomic mass is 9.96. The summed E-state index contributed by atoms with van der Waals surface area (Å²) in [6, 6.07) is 2.04. The number of nitrogens with one attached hydrogen (secondary N) is 1. The molecule has 0 fully saturated rings. The largest absolute Gasteiger partial charge is 0.314 e. The Morgan fingerprint density at radius 2 is 2.23 bits per heavy atom. The van der Waals surface area contributed by atoms with Gasteiger partial charge >= 0.3 is 0 Å². The van der Waals surface area contributed by atoms with E-state index < -0.39 is 0 Å². The third-order valence-corrected chi connectivity index (χ3v) is 2.88. The average Bonchev–Trinajstić information content (AvgIpc) is 2.09. The smallest absolute Gasteiger partial charge is 0.0412 e. The van der Waals surface area contributed by atoms with Gasteiger partial charge in [0.25, 0.3) is 0 Å². The molecule has 0 radical (unpaired) electrons. The van der Waals surface area contributed by atoms with E-state index in [1.165, 1.54) is 5.56 Å². The number of nitrogens with zero attached hydrogens (tertiary/aromatic N) is 1. The molecule has 0 bridgehead atoms. The van der Waals surface area contributed by atoms with Crippen molar-refractivity contribution in [1.29, 1.82) is 0 Å². The summed E-state index contributed by atoms with van der Waals surface area (Å²) in [7, 11) is 1.98. The maximum Gasteiger partial charge on any atom is 0.0412 e. The second-order valence-electron chi connectivity index (χ2n) is 3.78. The zero-order chi connectivity index (χ0) is 9.90. The number of aromatic nitrogens is 1. The van der Waals surface area contributed by atoms with Crippen LogP contribution in [0.1, 0.15) is 19.4 Å². The first-order valence-corrected chi connectivity index (χ1v) is 5.12. The van der Waals surface area contributed by atoms with Crippen LogP contribution >= 0.6 is 15.9 Å². The van der Waals surface area contributed by atoms with Gasteiger partial charge in [0.05, 0.1) is 0 Å². The highest BCUT2D eigenvalue weighted by atomic mass is 79.9. The minimum atomic E-state index is 0.129. The molecule has 1 heterocycles. The average molecular weight is 243 g/mol. The van der Waals surface area contributed by atoms with E-state index in [2.05, 4.69) is 40.1 Å². The molecule has 2 nitrogen and oxygen atoms in total. The first kappa shape index (κ1) is 10.7. The molecule has 1 aromatic rings. The van der Waals surface area contributed by atoms with E-state index in [1.807, 2.05) is 25.5 Å². The molecule has 13 heavy (non-hydrogen) atoms. The molecule has 0 atom stereocenters. The summed E-state index contributed by atoms with van der Waals surface area (Å²) in [5.74, 6) is 0. The third kappa shape index (κ3) is 3.08. The topological polar surface area (TPSA) is 24.9 Å². The Labute approximate surface area is 87.9 Å². The Balaban J connectivity index is 2.80. The summed E-state index contributed by atoms with van der Waals surface area (Å²) in [4.78, 5) is 4.03. The van der Waals surface area contributed by atoms with Crippen LogP contribution in [0.3, 0.4) is 0 Å². The Bertz CT molecular complexity index is 284. The van der Waals surface area contributed by atoms with Gasteiger partial charge in [-0.1, -0.05) is 0 Å². The van der Waals surface area contributed by atoms with Gasteiger partial charge in [-0.15, -0.1) is 0 Å². The lowest BCUT2D eigenvalue weighted by molar-refractivity contribution is 0.421. The van der Waals surface area contributed by atoms with Gasteiger partial charge in [-0.3, -0.25) is 4.98 Å². The number of rotatable bonds is 3. The Hall–Kier alpha value is -0.410. The molecule has 0 spiro atoms. The summed E-state index contributed by atoms with van der Waals surface area (Å²) in [6.07, 6.45) is 4.65. The molecule has 0 unspecified atom stereocenters. The minimum absolute atomic E-state index is 0.129. The van der Waals surface area contributed by atoms with Gasteiger partial charge in [-0.25, -0.2) is 0 Å². The number of pyridine rings is 1. The molecule has 0 amide bonds. The number of likely N-dealkylation sites (N-methyl/N-ethyl adjacent to an activating group) is 1. The van der Waals surface area contributed by atoms with E-state index in [0.29, 0.717) is 0 Å². The number of hydrogen-bond donors (Lipinski definition) is 1. The molecule has 0 aliphatic heterocycles. The van der Waals surface area contributed by atoms with Gasteiger partial charge in [0, 0.05) is 22.4 Å². The maximum atomic E-state index is 4.03. The van der Waals surface area contributed by atoms with Crippen molar-refractivity contribution >= 4 is 15.9 Å². The van der Waals surface area contributed by atoms with Crippen molar-refractivity contribution in [2.45, 2.75) is 25.8 Å². The van der Waals surface area contributed by atoms with Crippen molar-refractivity contribution in [3.05, 3.63) is 28.5 Å². The van der Waals surface area contributed by atoms with Crippen LogP contribution in [-0.2, 0) is 6.42 Å². The quantitative estimate of drug-likeness (QED) is 0.881. The van der Waals surface area contributed by atoms with E-state index in [-0.39, 0.29) is 5.54 Å². The molecule has 0 saturated carbocycles. The summed E-state index contributed by atoms with van der Waals surface area (Å²) < 4.78 is 1.08. The molecule has 0 aromatic carbocycles. The van der Waals surface area contributed by atoms with Crippen LogP contribution in [-0.4, -0.2) is 17.6 Å². The monoisotopic (exact) mass is 242 g/mol. The highest BCUT2D eigenvalue weighted by Crippen LogP contribution is 2.19. The minimum Gasteiger partial charge on any atom is -0.314 e. The highest BCUT2D eigenvalue weighted by Gasteiger charge is 2.16. The van der Waals surface area contributed by atoms with Crippen molar-refractivity contribution in [2.75, 3.05) is 7.05 Å². The SMILES string of the molecule is CNC(C)(C)Cc1ccncc1Br. The second kappa shape index (κ2) is 4.20. The molecule has 0 aliphatic rings. The summed E-state index contributed by atoms with van der Waals surface area (Å²) in [5.41, 5.74) is 1.42. The first-order valence-electron chi connectivity index (χ1n) is 4.32. The second-order valence-corrected chi connectivity index (χ2v) is 4.63. The lowest BCUT2D eigenvalue weighted by Gasteiger charge is -2.24. The third-order valence-electron chi connectivity index (χ3n) is 2.17. The Morgan fingerprint density at radius 3 is 2.77 bits per heavy atom. The van der Waals surface area contributed by atoms with Gasteiger partial charge in [-0.05, 0) is 54.9 Å². The molecule has 0 aliphatic carbocycles. The molecular formula is C10H15BrN2. The zero-order valence-electron chi connectivity index (χ0n) is 8.26. The molecule has 0 saturated heterocycles. The van der Waals surface area contributed by atoms with Crippen molar-refractivity contribution in [3.63, 3.8) is 0 Å². The highest BCUT2D eigenvalue weighted by molar-refractivity contribution is 9.10. The standard InChI is InChI=1S/C10H15BrN2/c1-10(2,12-3)6-8-4-5-13-7-9(8)11/h4-5,7,12H,6H2,1-3H3. The first-order chi connectivity index (χ1) is 6.05. The van der Waals surface area contributed by atoms with E-state index in [4.69, 9.17) is 0 Å². The predicted octanol–water partition coefficient (Wildman–Crippen LogP) is 2.38. The van der Waals surface area contributed by atoms with E-state index in [0.717, 1.165) is 10.9 Å². The van der Waals surface area contributed by atoms with Crippen LogP contribution in [0.25, 0.3) is 0 Å². The predicted molar refractivity (Wildman–Crippen MR) is 58.8 cm³/mol. The lowest BCUT2D eigenvalue weighted by Crippen LogP contribution is -2.38. The van der Waals surface area contributed by atoms with Gasteiger partial charge in [0.15, 0.2) is 0 Å². The fourth-order valence-electron chi connectivity index (χ4n) is 1.11. The van der Waals surface area contributed by atoms with Crippen LogP contribution < -0.4 is 5.32 Å². The van der Waals surface area contributed by atoms with Crippen molar-refractivity contribution in [3.8, 4) is 0 Å². The van der Waals surface area contributed by atoms with Gasteiger partial charge in [-0.2, -0.15) is 0 Å². The van der Waals surface area contributed by atoms with E-state index in [9.17, 15) is 0 Å². The van der Waals surface area contributed by atoms with E-state index in [1.54, 1.807) is 0 Å². The fraction of sp³-hybridized carbons (Fsp3) is 0.500. The van der Waals surface area contributed by atoms with Crippen molar-refractivity contribution in [2.24, 2.45) is 0 Å². The van der Waals surface area contributed by atoms with Crippen molar-refractivity contribution in [1.82, 2.24) is 10.3 Å². The van der Waals surface area contributed by atoms with Gasteiger partial charge in [0.1, 0.15) is 0 Å². The molecule has 1 aromatic heterocycles. The number of hydrogen-bond acceptors (Lipinski definition) is 2. The van der Waals surface area contributed by atoms with Crippen LogP contribution in [0, 0.1) is 0 Å². The van der Waals surface area contributed by atoms with Gasteiger partial charge < -0.3 is 5.32 Å². The Kier molecular flexibility index (Phi) is 3.45. The Morgan fingerprint density at radius 1 is 1.54 bits per heavy atom. The van der Waals surface area contributed by atoms with Crippen molar-refractivity contribution < 1.29 is 0 Å². The number of halogens is 1. The van der Waals surface area contributed by atoms with Crippen LogP contribution in [0.5, 0.6) is 0 Å². The van der Waals surface area contributed by atoms with Crippen LogP contribution in [0.4, 0.5) is 0 Å². The molecule has 1 rings (SSSR count). The van der Waals surface area contributed by atoms with E-state index >= 15 is 0 Å². The molecule has 3 heteroatoms. The van der Waals surface area contributed by atoms with Crippen LogP contribution in [0.2, 0.25) is 0 Å². The summed E-state index contributed by atoms with van der Waals surface area (Å²) in [6.45, 7) is 4.36. The fourth-order valence-corrected chi connectivity index (χ4v) is 1.50. The molecule has 72 valence electrons. The zero-order valence-corrected chi connectivity index (χ0v) is 9.85. The molecular weight excluding hydrogens is 228 g/mol. The summed E-state index contributed by atoms with van der Waals surface area (Å²) in [5, 5.41) is 3.28. The summed E-state index contributed by atoms with van der Waals surface area (Å²) >= 11 is 3.49. The normalized spacial score (nSPS) is 11.7. The van der Waals surface area contributed by atoms with Crippen LogP contribution in [0.15, 0.2) is 22.9 Å². The molecule has 1 N–H and O–H groups in total. The van der Waals surface area contributed by atoms with Gasteiger partial charge in [0.2, 0.25) is 0 Å². The maximum absolute atomic E-state index is 4.03.